The fourth-order valence-corrected chi connectivity index (χ4v) is 2.77. The first-order chi connectivity index (χ1) is 12.9. The summed E-state index contributed by atoms with van der Waals surface area (Å²) in [4.78, 5) is 11.5. The lowest BCUT2D eigenvalue weighted by Crippen LogP contribution is -2.34. The first kappa shape index (κ1) is 17.1. The van der Waals surface area contributed by atoms with Gasteiger partial charge in [0.25, 0.3) is 12.0 Å². The molecule has 0 saturated carbocycles. The highest BCUT2D eigenvalue weighted by Crippen LogP contribution is 2.29. The van der Waals surface area contributed by atoms with Gasteiger partial charge < -0.3 is 4.98 Å². The number of aromatic nitrogens is 4. The van der Waals surface area contributed by atoms with E-state index in [0.717, 1.165) is 12.1 Å². The van der Waals surface area contributed by atoms with E-state index in [4.69, 9.17) is 0 Å². The third-order valence-electron chi connectivity index (χ3n) is 4.11. The van der Waals surface area contributed by atoms with E-state index in [1.54, 1.807) is 29.0 Å². The van der Waals surface area contributed by atoms with Crippen molar-refractivity contribution in [2.75, 3.05) is 0 Å². The van der Waals surface area contributed by atoms with Crippen LogP contribution in [0.2, 0.25) is 0 Å². The molecule has 0 bridgehead atoms. The van der Waals surface area contributed by atoms with Crippen molar-refractivity contribution < 1.29 is 22.1 Å². The molecule has 0 aliphatic heterocycles. The van der Waals surface area contributed by atoms with E-state index in [1.165, 1.54) is 24.5 Å². The summed E-state index contributed by atoms with van der Waals surface area (Å²) in [6, 6.07) is 11.2. The SMILES string of the molecule is Fc1ccccc1-c1nc2nc[n+](Cc3ccc(C(F)(F)F)cc3)cc2[nH]1. The lowest BCUT2D eigenvalue weighted by molar-refractivity contribution is -0.689. The number of rotatable bonds is 3. The van der Waals surface area contributed by atoms with Crippen LogP contribution in [0.5, 0.6) is 0 Å². The van der Waals surface area contributed by atoms with Gasteiger partial charge >= 0.3 is 6.18 Å². The molecular weight excluding hydrogens is 360 g/mol. The number of nitrogens with one attached hydrogen (secondary N) is 1. The molecule has 0 aliphatic carbocycles. The first-order valence-electron chi connectivity index (χ1n) is 8.06. The summed E-state index contributed by atoms with van der Waals surface area (Å²) in [5.74, 6) is -0.0305. The monoisotopic (exact) mass is 373 g/mol. The zero-order chi connectivity index (χ0) is 19.0. The van der Waals surface area contributed by atoms with Crippen LogP contribution in [0.15, 0.2) is 61.1 Å². The zero-order valence-electron chi connectivity index (χ0n) is 13.8. The van der Waals surface area contributed by atoms with E-state index >= 15 is 0 Å². The molecule has 2 aromatic carbocycles. The lowest BCUT2D eigenvalue weighted by Gasteiger charge is -2.06. The van der Waals surface area contributed by atoms with Gasteiger partial charge in [0, 0.05) is 0 Å². The number of halogens is 4. The van der Waals surface area contributed by atoms with E-state index in [9.17, 15) is 17.6 Å². The largest absolute Gasteiger partial charge is 0.416 e. The predicted octanol–water partition coefficient (Wildman–Crippen LogP) is 4.12. The number of aromatic amines is 1. The molecule has 2 aromatic heterocycles. The molecule has 27 heavy (non-hydrogen) atoms. The van der Waals surface area contributed by atoms with Crippen molar-refractivity contribution in [1.82, 2.24) is 15.0 Å². The van der Waals surface area contributed by atoms with Gasteiger partial charge in [-0.3, -0.25) is 0 Å². The number of imidazole rings is 1. The molecule has 1 N–H and O–H groups in total. The molecule has 0 unspecified atom stereocenters. The molecule has 0 aliphatic rings. The smallest absolute Gasteiger partial charge is 0.332 e. The van der Waals surface area contributed by atoms with E-state index in [1.807, 2.05) is 0 Å². The third kappa shape index (κ3) is 3.51. The van der Waals surface area contributed by atoms with Gasteiger partial charge in [-0.1, -0.05) is 24.3 Å². The molecule has 0 atom stereocenters. The van der Waals surface area contributed by atoms with E-state index in [0.29, 0.717) is 34.7 Å². The minimum atomic E-state index is -4.36. The maximum absolute atomic E-state index is 13.9. The molecule has 0 radical (unpaired) electrons. The Morgan fingerprint density at radius 3 is 2.44 bits per heavy atom. The van der Waals surface area contributed by atoms with E-state index in [-0.39, 0.29) is 0 Å². The van der Waals surface area contributed by atoms with Crippen LogP contribution in [-0.4, -0.2) is 15.0 Å². The van der Waals surface area contributed by atoms with Crippen molar-refractivity contribution in [2.45, 2.75) is 12.7 Å². The van der Waals surface area contributed by atoms with Crippen molar-refractivity contribution in [1.29, 1.82) is 0 Å². The Morgan fingerprint density at radius 1 is 1.00 bits per heavy atom. The van der Waals surface area contributed by atoms with E-state index in [2.05, 4.69) is 15.0 Å². The van der Waals surface area contributed by atoms with Gasteiger partial charge in [0.2, 0.25) is 0 Å². The summed E-state index contributed by atoms with van der Waals surface area (Å²) in [6.45, 7) is 0.342. The van der Waals surface area contributed by atoms with Crippen LogP contribution in [0.3, 0.4) is 0 Å². The Bertz CT molecular complexity index is 1100. The van der Waals surface area contributed by atoms with Crippen molar-refractivity contribution >= 4 is 11.2 Å². The molecule has 136 valence electrons. The average molecular weight is 373 g/mol. The van der Waals surface area contributed by atoms with Gasteiger partial charge in [0.1, 0.15) is 24.4 Å². The van der Waals surface area contributed by atoms with Crippen molar-refractivity contribution in [3.05, 3.63) is 78.0 Å². The number of H-pyrrole nitrogens is 1. The average Bonchev–Trinajstić information content (AvgIpc) is 3.05. The minimum absolute atomic E-state index is 0.338. The van der Waals surface area contributed by atoms with Gasteiger partial charge in [0.15, 0.2) is 5.52 Å². The standard InChI is InChI=1S/C19H12F4N4/c20-15-4-2-1-3-14(15)17-25-16-10-27(11-24-18(16)26-17)9-12-5-7-13(8-6-12)19(21,22)23/h1-8,10-11H,9H2/p+1. The van der Waals surface area contributed by atoms with Crippen LogP contribution in [0.1, 0.15) is 11.1 Å². The van der Waals surface area contributed by atoms with E-state index < -0.39 is 17.6 Å². The maximum Gasteiger partial charge on any atom is 0.416 e. The molecular formula is C19H13F4N4+. The molecule has 4 aromatic rings. The number of benzene rings is 2. The third-order valence-corrected chi connectivity index (χ3v) is 4.11. The Morgan fingerprint density at radius 2 is 1.74 bits per heavy atom. The molecule has 2 heterocycles. The van der Waals surface area contributed by atoms with Gasteiger partial charge in [0.05, 0.1) is 11.1 Å². The number of hydrogen-bond acceptors (Lipinski definition) is 2. The summed E-state index contributed by atoms with van der Waals surface area (Å²) in [5, 5.41) is 0. The fourth-order valence-electron chi connectivity index (χ4n) is 2.77. The summed E-state index contributed by atoms with van der Waals surface area (Å²) >= 11 is 0. The highest BCUT2D eigenvalue weighted by Gasteiger charge is 2.30. The Balaban J connectivity index is 1.61. The van der Waals surface area contributed by atoms with Crippen LogP contribution in [0.4, 0.5) is 17.6 Å². The second kappa shape index (κ2) is 6.46. The number of nitrogens with zero attached hydrogens (tertiary/aromatic N) is 3. The number of alkyl halides is 3. The van der Waals surface area contributed by atoms with Crippen LogP contribution in [0.25, 0.3) is 22.6 Å². The predicted molar refractivity (Wildman–Crippen MR) is 90.0 cm³/mol. The Hall–Kier alpha value is -3.29. The Kier molecular flexibility index (Phi) is 4.10. The van der Waals surface area contributed by atoms with Crippen LogP contribution < -0.4 is 4.57 Å². The van der Waals surface area contributed by atoms with Gasteiger partial charge in [-0.2, -0.15) is 18.2 Å². The number of hydrogen-bond donors (Lipinski definition) is 1. The Labute approximate surface area is 151 Å². The molecule has 4 nitrogen and oxygen atoms in total. The first-order valence-corrected chi connectivity index (χ1v) is 8.06. The zero-order valence-corrected chi connectivity index (χ0v) is 13.8. The number of fused-ring (bicyclic) bond motifs is 1. The minimum Gasteiger partial charge on any atom is -0.332 e. The molecule has 8 heteroatoms. The molecule has 0 amide bonds. The second-order valence-corrected chi connectivity index (χ2v) is 6.04. The van der Waals surface area contributed by atoms with Crippen molar-refractivity contribution in [3.8, 4) is 11.4 Å². The quantitative estimate of drug-likeness (QED) is 0.434. The molecule has 0 saturated heterocycles. The topological polar surface area (TPSA) is 45.5 Å². The fraction of sp³-hybridized carbons (Fsp3) is 0.105. The second-order valence-electron chi connectivity index (χ2n) is 6.04. The van der Waals surface area contributed by atoms with Crippen LogP contribution in [-0.2, 0) is 12.7 Å². The van der Waals surface area contributed by atoms with Gasteiger partial charge in [-0.05, 0) is 34.8 Å². The van der Waals surface area contributed by atoms with Crippen LogP contribution in [0, 0.1) is 5.82 Å². The molecule has 0 fully saturated rings. The van der Waals surface area contributed by atoms with Gasteiger partial charge in [-0.25, -0.2) is 8.96 Å². The highest BCUT2D eigenvalue weighted by atomic mass is 19.4. The normalized spacial score (nSPS) is 11.9. The molecule has 4 rings (SSSR count). The van der Waals surface area contributed by atoms with Crippen molar-refractivity contribution in [2.24, 2.45) is 0 Å². The summed E-state index contributed by atoms with van der Waals surface area (Å²) in [6.07, 6.45) is -1.09. The summed E-state index contributed by atoms with van der Waals surface area (Å²) < 4.78 is 53.6. The lowest BCUT2D eigenvalue weighted by atomic mass is 10.1. The summed E-state index contributed by atoms with van der Waals surface area (Å²) in [5.41, 5.74) is 1.38. The highest BCUT2D eigenvalue weighted by molar-refractivity contribution is 5.74. The maximum atomic E-state index is 13.9. The van der Waals surface area contributed by atoms with Gasteiger partial charge in [-0.15, -0.1) is 0 Å². The van der Waals surface area contributed by atoms with Crippen LogP contribution >= 0.6 is 0 Å². The molecule has 0 spiro atoms. The van der Waals surface area contributed by atoms with Crippen molar-refractivity contribution in [3.63, 3.8) is 0 Å². The summed E-state index contributed by atoms with van der Waals surface area (Å²) in [7, 11) is 0.